The van der Waals surface area contributed by atoms with Gasteiger partial charge in [-0.1, -0.05) is 53.8 Å². The molecule has 1 aliphatic rings. The Hall–Kier alpha value is -3.91. The van der Waals surface area contributed by atoms with Crippen LogP contribution >= 0.6 is 11.3 Å². The van der Waals surface area contributed by atoms with E-state index in [1.54, 1.807) is 50.8 Å². The summed E-state index contributed by atoms with van der Waals surface area (Å²) in [7, 11) is 3.15. The lowest BCUT2D eigenvalue weighted by Crippen LogP contribution is -2.38. The molecular weight excluding hydrogens is 464 g/mol. The summed E-state index contributed by atoms with van der Waals surface area (Å²) in [5.74, 6) is 0.753. The van der Waals surface area contributed by atoms with Crippen molar-refractivity contribution >= 4 is 29.5 Å². The summed E-state index contributed by atoms with van der Waals surface area (Å²) in [6.07, 6.45) is 5.50. The molecule has 0 saturated heterocycles. The van der Waals surface area contributed by atoms with E-state index in [-0.39, 0.29) is 12.2 Å². The Kier molecular flexibility index (Phi) is 7.31. The van der Waals surface area contributed by atoms with E-state index in [2.05, 4.69) is 4.99 Å². The van der Waals surface area contributed by atoms with Crippen molar-refractivity contribution in [2.24, 2.45) is 4.99 Å². The monoisotopic (exact) mass is 490 g/mol. The van der Waals surface area contributed by atoms with E-state index in [0.29, 0.717) is 32.1 Å². The number of carbonyl (C=O) groups excluding carboxylic acids is 1. The van der Waals surface area contributed by atoms with Gasteiger partial charge in [-0.3, -0.25) is 9.36 Å². The van der Waals surface area contributed by atoms with Crippen molar-refractivity contribution in [3.63, 3.8) is 0 Å². The molecule has 8 heteroatoms. The van der Waals surface area contributed by atoms with Crippen LogP contribution in [-0.2, 0) is 9.53 Å². The van der Waals surface area contributed by atoms with Gasteiger partial charge in [-0.15, -0.1) is 0 Å². The van der Waals surface area contributed by atoms with Crippen LogP contribution in [0.3, 0.4) is 0 Å². The van der Waals surface area contributed by atoms with Gasteiger partial charge < -0.3 is 14.2 Å². The van der Waals surface area contributed by atoms with E-state index >= 15 is 0 Å². The lowest BCUT2D eigenvalue weighted by Gasteiger charge is -2.21. The third-order valence-corrected chi connectivity index (χ3v) is 6.54. The Bertz CT molecular complexity index is 1480. The molecular formula is C27H26N2O5S. The van der Waals surface area contributed by atoms with Crippen molar-refractivity contribution in [2.75, 3.05) is 20.8 Å². The molecule has 2 heterocycles. The molecule has 0 saturated carbocycles. The first-order valence-corrected chi connectivity index (χ1v) is 11.9. The van der Waals surface area contributed by atoms with E-state index < -0.39 is 12.0 Å². The average molecular weight is 491 g/mol. The number of thiazole rings is 1. The smallest absolute Gasteiger partial charge is 0.338 e. The fourth-order valence-electron chi connectivity index (χ4n) is 3.86. The molecule has 0 N–H and O–H groups in total. The van der Waals surface area contributed by atoms with E-state index in [0.717, 1.165) is 11.1 Å². The molecule has 0 amide bonds. The second-order valence-electron chi connectivity index (χ2n) is 7.72. The summed E-state index contributed by atoms with van der Waals surface area (Å²) in [4.78, 5) is 31.6. The van der Waals surface area contributed by atoms with Gasteiger partial charge in [0.1, 0.15) is 11.5 Å². The molecule has 1 atom stereocenters. The Balaban J connectivity index is 1.88. The van der Waals surface area contributed by atoms with Gasteiger partial charge in [0.05, 0.1) is 42.7 Å². The molecule has 3 aromatic rings. The highest BCUT2D eigenvalue weighted by Gasteiger charge is 2.30. The van der Waals surface area contributed by atoms with Crippen LogP contribution in [-0.4, -0.2) is 31.4 Å². The summed E-state index contributed by atoms with van der Waals surface area (Å²) < 4.78 is 18.1. The number of nitrogens with zero attached hydrogens (tertiary/aromatic N) is 2. The number of esters is 1. The molecule has 1 aliphatic heterocycles. The van der Waals surface area contributed by atoms with Crippen LogP contribution in [0.5, 0.6) is 11.5 Å². The first kappa shape index (κ1) is 24.2. The van der Waals surface area contributed by atoms with Gasteiger partial charge in [0, 0.05) is 11.6 Å². The largest absolute Gasteiger partial charge is 0.497 e. The maximum absolute atomic E-state index is 13.6. The number of hydrogen-bond donors (Lipinski definition) is 0. The summed E-state index contributed by atoms with van der Waals surface area (Å²) in [6, 6.07) is 14.5. The maximum atomic E-state index is 13.6. The lowest BCUT2D eigenvalue weighted by molar-refractivity contribution is -0.139. The summed E-state index contributed by atoms with van der Waals surface area (Å²) in [6.45, 7) is 3.74. The van der Waals surface area contributed by atoms with Crippen LogP contribution in [0.25, 0.3) is 12.2 Å². The van der Waals surface area contributed by atoms with Gasteiger partial charge >= 0.3 is 5.97 Å². The number of fused-ring (bicyclic) bond motifs is 1. The van der Waals surface area contributed by atoms with Crippen LogP contribution in [0.1, 0.15) is 31.0 Å². The number of rotatable bonds is 7. The lowest BCUT2D eigenvalue weighted by atomic mass is 10.0. The van der Waals surface area contributed by atoms with Crippen molar-refractivity contribution in [1.82, 2.24) is 4.57 Å². The Morgan fingerprint density at radius 2 is 1.91 bits per heavy atom. The fourth-order valence-corrected chi connectivity index (χ4v) is 4.91. The zero-order valence-corrected chi connectivity index (χ0v) is 20.8. The van der Waals surface area contributed by atoms with Crippen molar-refractivity contribution in [3.8, 4) is 11.5 Å². The maximum Gasteiger partial charge on any atom is 0.338 e. The SMILES string of the molecule is CCOC(=O)C1=C(C)N=c2s/c(=C/c3ccc(OC)cc3OC)c(=O)n2[C@@H]1/C=C/c1ccccc1. The van der Waals surface area contributed by atoms with E-state index in [4.69, 9.17) is 14.2 Å². The zero-order valence-electron chi connectivity index (χ0n) is 20.0. The standard InChI is InChI=1S/C27H26N2O5S/c1-5-34-26(31)24-17(2)28-27-29(21(24)14-11-18-9-7-6-8-10-18)25(30)23(35-27)15-19-12-13-20(32-3)16-22(19)33-4/h6-16,21H,5H2,1-4H3/b14-11+,23-15+/t21-/m1/s1. The first-order chi connectivity index (χ1) is 17.0. The minimum atomic E-state index is -0.648. The summed E-state index contributed by atoms with van der Waals surface area (Å²) in [5, 5.41) is 0. The number of hydrogen-bond acceptors (Lipinski definition) is 7. The topological polar surface area (TPSA) is 79.1 Å². The van der Waals surface area contributed by atoms with Crippen molar-refractivity contribution in [1.29, 1.82) is 0 Å². The molecule has 0 fully saturated rings. The Labute approximate surface area is 206 Å². The van der Waals surface area contributed by atoms with Crippen LogP contribution in [0, 0.1) is 0 Å². The summed E-state index contributed by atoms with van der Waals surface area (Å²) >= 11 is 1.26. The molecule has 7 nitrogen and oxygen atoms in total. The Morgan fingerprint density at radius 3 is 2.60 bits per heavy atom. The number of benzene rings is 2. The molecule has 1 aromatic heterocycles. The molecule has 0 aliphatic carbocycles. The summed E-state index contributed by atoms with van der Waals surface area (Å²) in [5.41, 5.74) is 2.32. The van der Waals surface area contributed by atoms with Gasteiger partial charge in [0.2, 0.25) is 0 Å². The van der Waals surface area contributed by atoms with E-state index in [1.807, 2.05) is 48.6 Å². The van der Waals surface area contributed by atoms with Crippen molar-refractivity contribution < 1.29 is 19.0 Å². The normalized spacial score (nSPS) is 15.7. The van der Waals surface area contributed by atoms with Crippen LogP contribution < -0.4 is 24.4 Å². The minimum absolute atomic E-state index is 0.229. The highest BCUT2D eigenvalue weighted by molar-refractivity contribution is 7.07. The second kappa shape index (κ2) is 10.6. The van der Waals surface area contributed by atoms with E-state index in [9.17, 15) is 9.59 Å². The van der Waals surface area contributed by atoms with E-state index in [1.165, 1.54) is 11.3 Å². The number of methoxy groups -OCH3 is 2. The molecule has 4 rings (SSSR count). The Morgan fingerprint density at radius 1 is 1.14 bits per heavy atom. The predicted octanol–water partition coefficient (Wildman–Crippen LogP) is 3.48. The molecule has 0 unspecified atom stereocenters. The minimum Gasteiger partial charge on any atom is -0.497 e. The van der Waals surface area contributed by atoms with Crippen molar-refractivity contribution in [2.45, 2.75) is 19.9 Å². The van der Waals surface area contributed by atoms with Crippen LogP contribution in [0.4, 0.5) is 0 Å². The first-order valence-electron chi connectivity index (χ1n) is 11.1. The van der Waals surface area contributed by atoms with Gasteiger partial charge in [0.15, 0.2) is 4.80 Å². The third kappa shape index (κ3) is 4.97. The fraction of sp³-hybridized carbons (Fsp3) is 0.222. The molecule has 180 valence electrons. The number of allylic oxidation sites excluding steroid dienone is 2. The van der Waals surface area contributed by atoms with Gasteiger partial charge in [-0.2, -0.15) is 0 Å². The quantitative estimate of drug-likeness (QED) is 0.474. The highest BCUT2D eigenvalue weighted by atomic mass is 32.1. The second-order valence-corrected chi connectivity index (χ2v) is 8.73. The zero-order chi connectivity index (χ0) is 24.9. The third-order valence-electron chi connectivity index (χ3n) is 5.56. The molecule has 35 heavy (non-hydrogen) atoms. The number of ether oxygens (including phenoxy) is 3. The molecule has 0 radical (unpaired) electrons. The van der Waals surface area contributed by atoms with Crippen molar-refractivity contribution in [3.05, 3.63) is 96.7 Å². The number of aromatic nitrogens is 1. The predicted molar refractivity (Wildman–Crippen MR) is 136 cm³/mol. The van der Waals surface area contributed by atoms with Gasteiger partial charge in [-0.25, -0.2) is 9.79 Å². The van der Waals surface area contributed by atoms with Crippen LogP contribution in [0.2, 0.25) is 0 Å². The molecule has 0 bridgehead atoms. The molecule has 2 aromatic carbocycles. The average Bonchev–Trinajstić information content (AvgIpc) is 3.17. The molecule has 0 spiro atoms. The van der Waals surface area contributed by atoms with Gasteiger partial charge in [-0.05, 0) is 37.6 Å². The van der Waals surface area contributed by atoms with Gasteiger partial charge in [0.25, 0.3) is 5.56 Å². The van der Waals surface area contributed by atoms with Crippen LogP contribution in [0.15, 0.2) is 75.7 Å². The number of carbonyl (C=O) groups is 1. The highest BCUT2D eigenvalue weighted by Crippen LogP contribution is 2.27.